The third-order valence-corrected chi connectivity index (χ3v) is 3.36. The molecule has 0 spiro atoms. The van der Waals surface area contributed by atoms with Gasteiger partial charge in [-0.3, -0.25) is 9.52 Å². The highest BCUT2D eigenvalue weighted by Gasteiger charge is 2.12. The minimum atomic E-state index is -3.60. The van der Waals surface area contributed by atoms with E-state index in [0.29, 0.717) is 0 Å². The smallest absolute Gasteiger partial charge is 0.275 e. The number of sulfonamides is 1. The van der Waals surface area contributed by atoms with Gasteiger partial charge in [0, 0.05) is 11.1 Å². The van der Waals surface area contributed by atoms with Crippen LogP contribution < -0.4 is 10.0 Å². The number of carbonyl (C=O) groups is 1. The van der Waals surface area contributed by atoms with Gasteiger partial charge in [-0.25, -0.2) is 17.8 Å². The number of nitrogens with zero attached hydrogens (tertiary/aromatic N) is 1. The Morgan fingerprint density at radius 3 is 2.75 bits per heavy atom. The number of anilines is 2. The second-order valence-corrected chi connectivity index (χ2v) is 6.36. The first-order valence-electron chi connectivity index (χ1n) is 5.32. The Morgan fingerprint density at radius 1 is 1.40 bits per heavy atom. The van der Waals surface area contributed by atoms with Gasteiger partial charge in [0.25, 0.3) is 5.91 Å². The number of amides is 1. The first kappa shape index (κ1) is 14.4. The maximum absolute atomic E-state index is 13.5. The van der Waals surface area contributed by atoms with Crippen LogP contribution in [0.3, 0.4) is 0 Å². The fraction of sp³-hybridized carbons (Fsp3) is 0.0909. The second-order valence-electron chi connectivity index (χ2n) is 3.90. The summed E-state index contributed by atoms with van der Waals surface area (Å²) < 4.78 is 37.7. The van der Waals surface area contributed by atoms with Crippen molar-refractivity contribution in [3.05, 3.63) is 40.6 Å². The Labute approximate surface area is 118 Å². The monoisotopic (exact) mass is 315 g/mol. The summed E-state index contributed by atoms with van der Waals surface area (Å²) in [5, 5.41) is 4.07. The van der Waals surface area contributed by atoms with Crippen LogP contribution in [0.2, 0.25) is 0 Å². The Morgan fingerprint density at radius 2 is 2.15 bits per heavy atom. The molecule has 9 heteroatoms. The van der Waals surface area contributed by atoms with Gasteiger partial charge in [-0.15, -0.1) is 11.3 Å². The van der Waals surface area contributed by atoms with Crippen molar-refractivity contribution in [1.82, 2.24) is 4.98 Å². The van der Waals surface area contributed by atoms with Crippen molar-refractivity contribution in [2.24, 2.45) is 0 Å². The number of rotatable bonds is 4. The summed E-state index contributed by atoms with van der Waals surface area (Å²) in [5.74, 6) is -1.19. The molecule has 0 aliphatic heterocycles. The summed E-state index contributed by atoms with van der Waals surface area (Å²) in [7, 11) is -3.60. The van der Waals surface area contributed by atoms with Crippen LogP contribution >= 0.6 is 11.3 Å². The fourth-order valence-electron chi connectivity index (χ4n) is 1.40. The van der Waals surface area contributed by atoms with Crippen molar-refractivity contribution in [3.63, 3.8) is 0 Å². The quantitative estimate of drug-likeness (QED) is 0.902. The minimum absolute atomic E-state index is 0.233. The Balaban J connectivity index is 2.21. The molecular formula is C11H10FN3O3S2. The van der Waals surface area contributed by atoms with Crippen LogP contribution in [0.25, 0.3) is 0 Å². The highest BCUT2D eigenvalue weighted by molar-refractivity contribution is 7.92. The van der Waals surface area contributed by atoms with Crippen LogP contribution in [0.15, 0.2) is 29.1 Å². The maximum atomic E-state index is 13.5. The number of halogens is 1. The number of hydrogen-bond donors (Lipinski definition) is 2. The highest BCUT2D eigenvalue weighted by atomic mass is 32.2. The van der Waals surface area contributed by atoms with E-state index in [1.807, 2.05) is 4.72 Å². The molecular weight excluding hydrogens is 305 g/mol. The van der Waals surface area contributed by atoms with Crippen molar-refractivity contribution in [1.29, 1.82) is 0 Å². The van der Waals surface area contributed by atoms with E-state index in [2.05, 4.69) is 10.3 Å². The lowest BCUT2D eigenvalue weighted by Gasteiger charge is -2.08. The van der Waals surface area contributed by atoms with Crippen LogP contribution in [0.1, 0.15) is 10.5 Å². The summed E-state index contributed by atoms with van der Waals surface area (Å²) in [5.41, 5.74) is 1.77. The van der Waals surface area contributed by atoms with E-state index < -0.39 is 21.7 Å². The zero-order valence-electron chi connectivity index (χ0n) is 10.3. The molecule has 1 aromatic heterocycles. The molecule has 1 aromatic carbocycles. The molecule has 0 radical (unpaired) electrons. The van der Waals surface area contributed by atoms with Gasteiger partial charge in [0.1, 0.15) is 11.5 Å². The number of thiazole rings is 1. The lowest BCUT2D eigenvalue weighted by atomic mass is 10.2. The van der Waals surface area contributed by atoms with E-state index in [-0.39, 0.29) is 17.1 Å². The average molecular weight is 315 g/mol. The van der Waals surface area contributed by atoms with Gasteiger partial charge in [0.15, 0.2) is 0 Å². The molecule has 1 heterocycles. The van der Waals surface area contributed by atoms with Crippen LogP contribution in [0, 0.1) is 5.82 Å². The number of nitrogens with one attached hydrogen (secondary N) is 2. The fourth-order valence-corrected chi connectivity index (χ4v) is 2.49. The number of carbonyl (C=O) groups excluding carboxylic acids is 1. The summed E-state index contributed by atoms with van der Waals surface area (Å²) in [6, 6.07) is 3.58. The molecule has 2 aromatic rings. The SMILES string of the molecule is CS(=O)(=O)Nc1cc(NC(=O)c2cscn2)ccc1F. The molecule has 0 atom stereocenters. The molecule has 106 valence electrons. The van der Waals surface area contributed by atoms with Gasteiger partial charge in [-0.1, -0.05) is 0 Å². The second kappa shape index (κ2) is 5.55. The summed E-state index contributed by atoms with van der Waals surface area (Å²) in [6.45, 7) is 0. The lowest BCUT2D eigenvalue weighted by Crippen LogP contribution is -2.14. The van der Waals surface area contributed by atoms with Gasteiger partial charge in [0.05, 0.1) is 17.5 Å². The molecule has 2 rings (SSSR count). The molecule has 20 heavy (non-hydrogen) atoms. The maximum Gasteiger partial charge on any atom is 0.275 e. The van der Waals surface area contributed by atoms with Gasteiger partial charge >= 0.3 is 0 Å². The van der Waals surface area contributed by atoms with Gasteiger partial charge < -0.3 is 5.32 Å². The zero-order valence-corrected chi connectivity index (χ0v) is 11.9. The van der Waals surface area contributed by atoms with Crippen molar-refractivity contribution < 1.29 is 17.6 Å². The highest BCUT2D eigenvalue weighted by Crippen LogP contribution is 2.21. The van der Waals surface area contributed by atoms with Crippen molar-refractivity contribution >= 4 is 38.6 Å². The number of aromatic nitrogens is 1. The van der Waals surface area contributed by atoms with E-state index in [9.17, 15) is 17.6 Å². The first-order valence-corrected chi connectivity index (χ1v) is 8.15. The van der Waals surface area contributed by atoms with Crippen LogP contribution in [-0.4, -0.2) is 25.6 Å². The predicted molar refractivity (Wildman–Crippen MR) is 74.9 cm³/mol. The molecule has 0 fully saturated rings. The largest absolute Gasteiger partial charge is 0.321 e. The Kier molecular flexibility index (Phi) is 4.00. The standard InChI is InChI=1S/C11H10FN3O3S2/c1-20(17,18)15-9-4-7(2-3-8(9)12)14-11(16)10-5-19-6-13-10/h2-6,15H,1H3,(H,14,16). The first-order chi connectivity index (χ1) is 9.35. The van der Waals surface area contributed by atoms with Crippen molar-refractivity contribution in [2.75, 3.05) is 16.3 Å². The molecule has 2 N–H and O–H groups in total. The summed E-state index contributed by atoms with van der Waals surface area (Å²) in [4.78, 5) is 15.6. The zero-order chi connectivity index (χ0) is 14.8. The molecule has 0 unspecified atom stereocenters. The van der Waals surface area contributed by atoms with Gasteiger partial charge in [0.2, 0.25) is 10.0 Å². The van der Waals surface area contributed by atoms with Gasteiger partial charge in [-0.2, -0.15) is 0 Å². The molecule has 1 amide bonds. The summed E-state index contributed by atoms with van der Waals surface area (Å²) >= 11 is 1.27. The Bertz CT molecular complexity index is 729. The average Bonchev–Trinajstić information content (AvgIpc) is 2.85. The number of hydrogen-bond acceptors (Lipinski definition) is 5. The van der Waals surface area contributed by atoms with E-state index in [1.54, 1.807) is 5.38 Å². The molecule has 6 nitrogen and oxygen atoms in total. The molecule has 0 aliphatic rings. The third-order valence-electron chi connectivity index (χ3n) is 2.18. The molecule has 0 bridgehead atoms. The van der Waals surface area contributed by atoms with Gasteiger partial charge in [-0.05, 0) is 18.2 Å². The van der Waals surface area contributed by atoms with E-state index in [1.165, 1.54) is 29.0 Å². The van der Waals surface area contributed by atoms with Crippen molar-refractivity contribution in [3.8, 4) is 0 Å². The molecule has 0 aliphatic carbocycles. The summed E-state index contributed by atoms with van der Waals surface area (Å²) in [6.07, 6.45) is 0.910. The lowest BCUT2D eigenvalue weighted by molar-refractivity contribution is 0.102. The van der Waals surface area contributed by atoms with E-state index >= 15 is 0 Å². The Hall–Kier alpha value is -2.00. The molecule has 0 saturated carbocycles. The van der Waals surface area contributed by atoms with Crippen molar-refractivity contribution in [2.45, 2.75) is 0 Å². The molecule has 0 saturated heterocycles. The van der Waals surface area contributed by atoms with E-state index in [0.717, 1.165) is 12.3 Å². The normalized spacial score (nSPS) is 11.1. The van der Waals surface area contributed by atoms with Crippen LogP contribution in [0.4, 0.5) is 15.8 Å². The van der Waals surface area contributed by atoms with E-state index in [4.69, 9.17) is 0 Å². The topological polar surface area (TPSA) is 88.2 Å². The van der Waals surface area contributed by atoms with Crippen LogP contribution in [-0.2, 0) is 10.0 Å². The third kappa shape index (κ3) is 3.75. The number of benzene rings is 1. The predicted octanol–water partition coefficient (Wildman–Crippen LogP) is 1.91. The minimum Gasteiger partial charge on any atom is -0.321 e. The van der Waals surface area contributed by atoms with Crippen LogP contribution in [0.5, 0.6) is 0 Å².